The highest BCUT2D eigenvalue weighted by Crippen LogP contribution is 2.20. The average molecular weight is 229 g/mol. The van der Waals surface area contributed by atoms with Crippen molar-refractivity contribution in [2.45, 2.75) is 18.9 Å². The van der Waals surface area contributed by atoms with Crippen molar-refractivity contribution in [3.05, 3.63) is 11.2 Å². The highest BCUT2D eigenvalue weighted by Gasteiger charge is 2.19. The van der Waals surface area contributed by atoms with Crippen molar-refractivity contribution in [1.29, 1.82) is 0 Å². The standard InChI is InChI=1S/C9H13ClN4O/c10-7-4-8(13-9(11)12-7)14-3-1-2-6(15)5-14/h4,6,15H,1-3,5H2,(H2,11,12,13)/t6-/m0/s1. The fourth-order valence-corrected chi connectivity index (χ4v) is 1.93. The maximum Gasteiger partial charge on any atom is 0.223 e. The average Bonchev–Trinajstić information content (AvgIpc) is 2.16. The summed E-state index contributed by atoms with van der Waals surface area (Å²) < 4.78 is 0. The van der Waals surface area contributed by atoms with Gasteiger partial charge in [-0.15, -0.1) is 0 Å². The van der Waals surface area contributed by atoms with E-state index in [0.29, 0.717) is 17.5 Å². The molecule has 2 rings (SSSR count). The topological polar surface area (TPSA) is 75.3 Å². The first-order chi connectivity index (χ1) is 7.15. The Morgan fingerprint density at radius 3 is 3.00 bits per heavy atom. The van der Waals surface area contributed by atoms with Crippen LogP contribution >= 0.6 is 11.6 Å². The molecule has 0 bridgehead atoms. The van der Waals surface area contributed by atoms with E-state index < -0.39 is 0 Å². The summed E-state index contributed by atoms with van der Waals surface area (Å²) >= 11 is 5.79. The third-order valence-corrected chi connectivity index (χ3v) is 2.61. The lowest BCUT2D eigenvalue weighted by Gasteiger charge is -2.30. The van der Waals surface area contributed by atoms with Crippen LogP contribution in [-0.2, 0) is 0 Å². The second kappa shape index (κ2) is 4.20. The maximum absolute atomic E-state index is 9.53. The minimum Gasteiger partial charge on any atom is -0.391 e. The second-order valence-corrected chi connectivity index (χ2v) is 4.04. The smallest absolute Gasteiger partial charge is 0.223 e. The Hall–Kier alpha value is -1.07. The van der Waals surface area contributed by atoms with E-state index in [9.17, 15) is 5.11 Å². The van der Waals surface area contributed by atoms with Gasteiger partial charge in [-0.25, -0.2) is 4.98 Å². The van der Waals surface area contributed by atoms with Crippen LogP contribution in [-0.4, -0.2) is 34.3 Å². The normalized spacial score (nSPS) is 21.7. The van der Waals surface area contributed by atoms with Crippen molar-refractivity contribution in [1.82, 2.24) is 9.97 Å². The summed E-state index contributed by atoms with van der Waals surface area (Å²) in [5.74, 6) is 0.851. The summed E-state index contributed by atoms with van der Waals surface area (Å²) in [6.45, 7) is 1.44. The Balaban J connectivity index is 2.20. The molecule has 15 heavy (non-hydrogen) atoms. The quantitative estimate of drug-likeness (QED) is 0.692. The minimum atomic E-state index is -0.297. The number of halogens is 1. The number of hydrogen-bond donors (Lipinski definition) is 2. The molecule has 2 heterocycles. The van der Waals surface area contributed by atoms with E-state index in [4.69, 9.17) is 17.3 Å². The van der Waals surface area contributed by atoms with E-state index in [2.05, 4.69) is 9.97 Å². The molecule has 0 spiro atoms. The fraction of sp³-hybridized carbons (Fsp3) is 0.556. The zero-order valence-corrected chi connectivity index (χ0v) is 8.98. The van der Waals surface area contributed by atoms with Crippen LogP contribution in [0.2, 0.25) is 5.15 Å². The van der Waals surface area contributed by atoms with Crippen LogP contribution in [0.4, 0.5) is 11.8 Å². The molecule has 0 saturated carbocycles. The first kappa shape index (κ1) is 10.4. The molecule has 3 N–H and O–H groups in total. The Bertz CT molecular complexity index is 340. The van der Waals surface area contributed by atoms with Crippen molar-refractivity contribution in [3.63, 3.8) is 0 Å². The van der Waals surface area contributed by atoms with Crippen molar-refractivity contribution >= 4 is 23.4 Å². The van der Waals surface area contributed by atoms with E-state index >= 15 is 0 Å². The predicted octanol–water partition coefficient (Wildman–Crippen LogP) is 0.673. The number of aromatic nitrogens is 2. The van der Waals surface area contributed by atoms with E-state index in [1.807, 2.05) is 4.90 Å². The SMILES string of the molecule is Nc1nc(Cl)cc(N2CCC[C@H](O)C2)n1. The summed E-state index contributed by atoms with van der Waals surface area (Å²) in [5.41, 5.74) is 5.50. The number of hydrogen-bond acceptors (Lipinski definition) is 5. The van der Waals surface area contributed by atoms with Crippen LogP contribution in [0.25, 0.3) is 0 Å². The number of nitrogens with two attached hydrogens (primary N) is 1. The van der Waals surface area contributed by atoms with Gasteiger partial charge in [0.05, 0.1) is 6.10 Å². The van der Waals surface area contributed by atoms with Gasteiger partial charge in [-0.2, -0.15) is 4.98 Å². The zero-order valence-electron chi connectivity index (χ0n) is 8.23. The number of β-amino-alcohol motifs (C(OH)–C–C–N with tert-alkyl or cyclic N) is 1. The third-order valence-electron chi connectivity index (χ3n) is 2.42. The van der Waals surface area contributed by atoms with E-state index in [-0.39, 0.29) is 12.1 Å². The molecule has 0 unspecified atom stereocenters. The Labute approximate surface area is 92.9 Å². The van der Waals surface area contributed by atoms with Crippen LogP contribution < -0.4 is 10.6 Å². The lowest BCUT2D eigenvalue weighted by molar-refractivity contribution is 0.154. The van der Waals surface area contributed by atoms with Crippen LogP contribution in [0.3, 0.4) is 0 Å². The summed E-state index contributed by atoms with van der Waals surface area (Å²) in [6, 6.07) is 1.66. The molecule has 6 heteroatoms. The van der Waals surface area contributed by atoms with Gasteiger partial charge < -0.3 is 15.7 Å². The molecular weight excluding hydrogens is 216 g/mol. The maximum atomic E-state index is 9.53. The Morgan fingerprint density at radius 2 is 2.33 bits per heavy atom. The van der Waals surface area contributed by atoms with Crippen molar-refractivity contribution in [2.24, 2.45) is 0 Å². The van der Waals surface area contributed by atoms with Gasteiger partial charge in [0.25, 0.3) is 0 Å². The molecule has 1 aromatic heterocycles. The van der Waals surface area contributed by atoms with Crippen LogP contribution in [0.5, 0.6) is 0 Å². The van der Waals surface area contributed by atoms with Crippen molar-refractivity contribution < 1.29 is 5.11 Å². The number of aliphatic hydroxyl groups excluding tert-OH is 1. The fourth-order valence-electron chi connectivity index (χ4n) is 1.75. The molecule has 0 amide bonds. The number of aliphatic hydroxyl groups is 1. The predicted molar refractivity (Wildman–Crippen MR) is 58.9 cm³/mol. The molecule has 0 radical (unpaired) electrons. The van der Waals surface area contributed by atoms with Gasteiger partial charge in [0.15, 0.2) is 0 Å². The third kappa shape index (κ3) is 2.49. The van der Waals surface area contributed by atoms with Gasteiger partial charge >= 0.3 is 0 Å². The highest BCUT2D eigenvalue weighted by molar-refractivity contribution is 6.29. The number of nitrogens with zero attached hydrogens (tertiary/aromatic N) is 3. The summed E-state index contributed by atoms with van der Waals surface area (Å²) in [7, 11) is 0. The molecule has 1 atom stereocenters. The molecule has 5 nitrogen and oxygen atoms in total. The number of nitrogen functional groups attached to an aromatic ring is 1. The molecular formula is C9H13ClN4O. The molecule has 1 aliphatic heterocycles. The second-order valence-electron chi connectivity index (χ2n) is 3.65. The molecule has 0 aromatic carbocycles. The molecule has 1 aliphatic rings. The van der Waals surface area contributed by atoms with E-state index in [1.54, 1.807) is 6.07 Å². The van der Waals surface area contributed by atoms with Crippen molar-refractivity contribution in [3.8, 4) is 0 Å². The largest absolute Gasteiger partial charge is 0.391 e. The van der Waals surface area contributed by atoms with Crippen LogP contribution in [0, 0.1) is 0 Å². The summed E-state index contributed by atoms with van der Waals surface area (Å²) in [6.07, 6.45) is 1.49. The van der Waals surface area contributed by atoms with Gasteiger partial charge in [-0.05, 0) is 12.8 Å². The highest BCUT2D eigenvalue weighted by atomic mass is 35.5. The lowest BCUT2D eigenvalue weighted by Crippen LogP contribution is -2.38. The Kier molecular flexibility index (Phi) is 2.93. The monoisotopic (exact) mass is 228 g/mol. The minimum absolute atomic E-state index is 0.164. The molecule has 0 aliphatic carbocycles. The number of piperidine rings is 1. The summed E-state index contributed by atoms with van der Waals surface area (Å²) in [4.78, 5) is 9.85. The van der Waals surface area contributed by atoms with Crippen LogP contribution in [0.1, 0.15) is 12.8 Å². The van der Waals surface area contributed by atoms with Gasteiger partial charge in [-0.1, -0.05) is 11.6 Å². The van der Waals surface area contributed by atoms with Crippen molar-refractivity contribution in [2.75, 3.05) is 23.7 Å². The van der Waals surface area contributed by atoms with E-state index in [0.717, 1.165) is 19.4 Å². The van der Waals surface area contributed by atoms with Gasteiger partial charge in [0.1, 0.15) is 11.0 Å². The molecule has 1 aromatic rings. The van der Waals surface area contributed by atoms with Gasteiger partial charge in [0, 0.05) is 19.2 Å². The molecule has 1 fully saturated rings. The van der Waals surface area contributed by atoms with Crippen LogP contribution in [0.15, 0.2) is 6.07 Å². The van der Waals surface area contributed by atoms with Gasteiger partial charge in [-0.3, -0.25) is 0 Å². The molecule has 82 valence electrons. The summed E-state index contributed by atoms with van der Waals surface area (Å²) in [5, 5.41) is 9.86. The van der Waals surface area contributed by atoms with Gasteiger partial charge in [0.2, 0.25) is 5.95 Å². The lowest BCUT2D eigenvalue weighted by atomic mass is 10.1. The first-order valence-corrected chi connectivity index (χ1v) is 5.26. The van der Waals surface area contributed by atoms with E-state index in [1.165, 1.54) is 0 Å². The number of rotatable bonds is 1. The number of anilines is 2. The first-order valence-electron chi connectivity index (χ1n) is 4.88. The zero-order chi connectivity index (χ0) is 10.8. The molecule has 1 saturated heterocycles. The Morgan fingerprint density at radius 1 is 1.53 bits per heavy atom.